The molecule has 1 heterocycles. The molecule has 1 aliphatic heterocycles. The summed E-state index contributed by atoms with van der Waals surface area (Å²) in [5.74, 6) is 0.510. The van der Waals surface area contributed by atoms with E-state index in [9.17, 15) is 4.79 Å². The van der Waals surface area contributed by atoms with Crippen molar-refractivity contribution in [2.45, 2.75) is 33.2 Å². The third-order valence-corrected chi connectivity index (χ3v) is 3.53. The van der Waals surface area contributed by atoms with Crippen LogP contribution in [0.5, 0.6) is 5.75 Å². The van der Waals surface area contributed by atoms with Crippen molar-refractivity contribution in [3.63, 3.8) is 0 Å². The normalized spacial score (nSPS) is 15.2. The summed E-state index contributed by atoms with van der Waals surface area (Å²) in [6.45, 7) is 7.33. The lowest BCUT2D eigenvalue weighted by molar-refractivity contribution is -0.118. The standard InChI is InChI=1S/C14H21N3O2/c1-4-9(3)17(5-2)12-7-11-13(6-10(12)15)19-8-14(18)16-11/h6-7,9H,4-5,8,15H2,1-3H3,(H,16,18). The predicted octanol–water partition coefficient (Wildman–Crippen LogP) is 2.22. The van der Waals surface area contributed by atoms with Crippen molar-refractivity contribution in [1.29, 1.82) is 0 Å². The zero-order valence-corrected chi connectivity index (χ0v) is 11.7. The number of carbonyl (C=O) groups is 1. The van der Waals surface area contributed by atoms with E-state index in [1.165, 1.54) is 0 Å². The van der Waals surface area contributed by atoms with Crippen molar-refractivity contribution in [3.05, 3.63) is 12.1 Å². The third-order valence-electron chi connectivity index (χ3n) is 3.53. The van der Waals surface area contributed by atoms with Crippen LogP contribution in [0, 0.1) is 0 Å². The van der Waals surface area contributed by atoms with Crippen molar-refractivity contribution >= 4 is 23.0 Å². The van der Waals surface area contributed by atoms with Gasteiger partial charge in [-0.25, -0.2) is 0 Å². The Morgan fingerprint density at radius 1 is 1.47 bits per heavy atom. The molecule has 0 radical (unpaired) electrons. The maximum absolute atomic E-state index is 11.4. The van der Waals surface area contributed by atoms with E-state index in [0.29, 0.717) is 23.2 Å². The van der Waals surface area contributed by atoms with E-state index in [2.05, 4.69) is 31.0 Å². The van der Waals surface area contributed by atoms with E-state index in [1.807, 2.05) is 6.07 Å². The molecule has 0 spiro atoms. The number of benzene rings is 1. The molecule has 3 N–H and O–H groups in total. The van der Waals surface area contributed by atoms with Crippen LogP contribution in [0.3, 0.4) is 0 Å². The van der Waals surface area contributed by atoms with Crippen molar-refractivity contribution in [2.24, 2.45) is 0 Å². The average Bonchev–Trinajstić information content (AvgIpc) is 2.40. The predicted molar refractivity (Wildman–Crippen MR) is 77.8 cm³/mol. The van der Waals surface area contributed by atoms with Crippen LogP contribution in [0.1, 0.15) is 27.2 Å². The smallest absolute Gasteiger partial charge is 0.262 e. The van der Waals surface area contributed by atoms with Gasteiger partial charge in [-0.3, -0.25) is 4.79 Å². The second-order valence-corrected chi connectivity index (χ2v) is 4.79. The fourth-order valence-electron chi connectivity index (χ4n) is 2.32. The average molecular weight is 263 g/mol. The number of nitrogen functional groups attached to an aromatic ring is 1. The molecule has 0 saturated carbocycles. The molecule has 0 saturated heterocycles. The van der Waals surface area contributed by atoms with Crippen LogP contribution in [0.4, 0.5) is 17.1 Å². The Kier molecular flexibility index (Phi) is 3.83. The highest BCUT2D eigenvalue weighted by molar-refractivity contribution is 5.97. The first-order valence-electron chi connectivity index (χ1n) is 6.69. The molecule has 0 bridgehead atoms. The quantitative estimate of drug-likeness (QED) is 0.817. The molecule has 1 aliphatic rings. The van der Waals surface area contributed by atoms with Crippen LogP contribution < -0.4 is 20.7 Å². The molecule has 1 aromatic carbocycles. The molecule has 1 atom stereocenters. The van der Waals surface area contributed by atoms with Gasteiger partial charge in [0, 0.05) is 18.7 Å². The number of anilines is 3. The first-order chi connectivity index (χ1) is 9.06. The van der Waals surface area contributed by atoms with Gasteiger partial charge in [0.05, 0.1) is 17.1 Å². The van der Waals surface area contributed by atoms with Gasteiger partial charge >= 0.3 is 0 Å². The van der Waals surface area contributed by atoms with Gasteiger partial charge in [-0.1, -0.05) is 6.92 Å². The Bertz CT molecular complexity index is 488. The minimum absolute atomic E-state index is 0.0502. The highest BCUT2D eigenvalue weighted by Gasteiger charge is 2.21. The summed E-state index contributed by atoms with van der Waals surface area (Å²) in [6.07, 6.45) is 1.03. The molecule has 5 heteroatoms. The zero-order valence-electron chi connectivity index (χ0n) is 11.7. The number of carbonyl (C=O) groups excluding carboxylic acids is 1. The van der Waals surface area contributed by atoms with Gasteiger partial charge in [0.1, 0.15) is 5.75 Å². The highest BCUT2D eigenvalue weighted by atomic mass is 16.5. The molecule has 1 amide bonds. The number of nitrogens with two attached hydrogens (primary N) is 1. The Balaban J connectivity index is 2.40. The van der Waals surface area contributed by atoms with E-state index < -0.39 is 0 Å². The number of hydrogen-bond donors (Lipinski definition) is 2. The summed E-state index contributed by atoms with van der Waals surface area (Å²) < 4.78 is 5.36. The Labute approximate surface area is 113 Å². The van der Waals surface area contributed by atoms with Crippen LogP contribution in [0.2, 0.25) is 0 Å². The molecular weight excluding hydrogens is 242 g/mol. The molecule has 104 valence electrons. The van der Waals surface area contributed by atoms with Gasteiger partial charge in [0.25, 0.3) is 5.91 Å². The summed E-state index contributed by atoms with van der Waals surface area (Å²) in [4.78, 5) is 13.6. The minimum atomic E-state index is -0.130. The van der Waals surface area contributed by atoms with Gasteiger partial charge in [0.15, 0.2) is 6.61 Å². The number of hydrogen-bond acceptors (Lipinski definition) is 4. The molecule has 0 aliphatic carbocycles. The fraction of sp³-hybridized carbons (Fsp3) is 0.500. The first kappa shape index (κ1) is 13.5. The number of fused-ring (bicyclic) bond motifs is 1. The lowest BCUT2D eigenvalue weighted by Gasteiger charge is -2.32. The topological polar surface area (TPSA) is 67.6 Å². The number of nitrogens with zero attached hydrogens (tertiary/aromatic N) is 1. The first-order valence-corrected chi connectivity index (χ1v) is 6.69. The van der Waals surface area contributed by atoms with Gasteiger partial charge < -0.3 is 20.7 Å². The lowest BCUT2D eigenvalue weighted by atomic mass is 10.1. The van der Waals surface area contributed by atoms with Crippen molar-refractivity contribution < 1.29 is 9.53 Å². The van der Waals surface area contributed by atoms with Crippen LogP contribution in [-0.2, 0) is 4.79 Å². The van der Waals surface area contributed by atoms with Gasteiger partial charge in [-0.2, -0.15) is 0 Å². The number of nitrogens with one attached hydrogen (secondary N) is 1. The molecule has 0 fully saturated rings. The summed E-state index contributed by atoms with van der Waals surface area (Å²) in [5.41, 5.74) is 8.43. The fourth-order valence-corrected chi connectivity index (χ4v) is 2.32. The molecule has 19 heavy (non-hydrogen) atoms. The maximum atomic E-state index is 11.4. The van der Waals surface area contributed by atoms with E-state index in [-0.39, 0.29) is 12.5 Å². The maximum Gasteiger partial charge on any atom is 0.262 e. The zero-order chi connectivity index (χ0) is 14.0. The van der Waals surface area contributed by atoms with E-state index >= 15 is 0 Å². The largest absolute Gasteiger partial charge is 0.482 e. The summed E-state index contributed by atoms with van der Waals surface area (Å²) >= 11 is 0. The second-order valence-electron chi connectivity index (χ2n) is 4.79. The van der Waals surface area contributed by atoms with Crippen molar-refractivity contribution in [3.8, 4) is 5.75 Å². The monoisotopic (exact) mass is 263 g/mol. The summed E-state index contributed by atoms with van der Waals surface area (Å²) in [6, 6.07) is 4.08. The molecular formula is C14H21N3O2. The van der Waals surface area contributed by atoms with Gasteiger partial charge in [0.2, 0.25) is 0 Å². The van der Waals surface area contributed by atoms with Crippen LogP contribution in [-0.4, -0.2) is 25.1 Å². The van der Waals surface area contributed by atoms with Crippen molar-refractivity contribution in [1.82, 2.24) is 0 Å². The number of ether oxygens (including phenoxy) is 1. The summed E-state index contributed by atoms with van der Waals surface area (Å²) in [7, 11) is 0. The Hall–Kier alpha value is -1.91. The Morgan fingerprint density at radius 2 is 2.21 bits per heavy atom. The molecule has 0 aromatic heterocycles. The summed E-state index contributed by atoms with van der Waals surface area (Å²) in [5, 5.41) is 2.82. The SMILES string of the molecule is CCC(C)N(CC)c1cc2c(cc1N)OCC(=O)N2. The molecule has 1 aromatic rings. The van der Waals surface area contributed by atoms with Gasteiger partial charge in [-0.05, 0) is 26.3 Å². The number of rotatable bonds is 4. The van der Waals surface area contributed by atoms with E-state index in [1.54, 1.807) is 6.07 Å². The van der Waals surface area contributed by atoms with E-state index in [4.69, 9.17) is 10.5 Å². The molecule has 5 nitrogen and oxygen atoms in total. The van der Waals surface area contributed by atoms with Crippen LogP contribution in [0.15, 0.2) is 12.1 Å². The lowest BCUT2D eigenvalue weighted by Crippen LogP contribution is -2.33. The third kappa shape index (κ3) is 2.59. The highest BCUT2D eigenvalue weighted by Crippen LogP contribution is 2.37. The Morgan fingerprint density at radius 3 is 2.84 bits per heavy atom. The molecule has 2 rings (SSSR count). The number of amides is 1. The van der Waals surface area contributed by atoms with Crippen molar-refractivity contribution in [2.75, 3.05) is 29.1 Å². The molecule has 1 unspecified atom stereocenters. The minimum Gasteiger partial charge on any atom is -0.482 e. The van der Waals surface area contributed by atoms with Gasteiger partial charge in [-0.15, -0.1) is 0 Å². The van der Waals surface area contributed by atoms with E-state index in [0.717, 1.165) is 18.7 Å². The van der Waals surface area contributed by atoms with Crippen LogP contribution >= 0.6 is 0 Å². The second kappa shape index (κ2) is 5.38. The van der Waals surface area contributed by atoms with Crippen LogP contribution in [0.25, 0.3) is 0 Å².